The van der Waals surface area contributed by atoms with Crippen molar-refractivity contribution in [2.75, 3.05) is 0 Å². The van der Waals surface area contributed by atoms with Crippen molar-refractivity contribution in [3.05, 3.63) is 34.8 Å². The van der Waals surface area contributed by atoms with Gasteiger partial charge in [-0.2, -0.15) is 0 Å². The molecule has 0 fully saturated rings. The van der Waals surface area contributed by atoms with E-state index in [4.69, 9.17) is 5.11 Å². The molecule has 0 bridgehead atoms. The molecule has 15 heavy (non-hydrogen) atoms. The van der Waals surface area contributed by atoms with Crippen LogP contribution in [0.3, 0.4) is 0 Å². The Morgan fingerprint density at radius 1 is 1.33 bits per heavy atom. The first-order chi connectivity index (χ1) is 7.25. The van der Waals surface area contributed by atoms with Crippen LogP contribution in [0.5, 0.6) is 0 Å². The van der Waals surface area contributed by atoms with E-state index in [9.17, 15) is 4.79 Å². The van der Waals surface area contributed by atoms with E-state index in [1.807, 2.05) is 6.07 Å². The molecule has 0 unspecified atom stereocenters. The van der Waals surface area contributed by atoms with Gasteiger partial charge in [-0.3, -0.25) is 0 Å². The van der Waals surface area contributed by atoms with Crippen LogP contribution in [0.1, 0.15) is 17.3 Å². The molecule has 0 radical (unpaired) electrons. The maximum absolute atomic E-state index is 10.4. The van der Waals surface area contributed by atoms with Crippen molar-refractivity contribution in [2.24, 2.45) is 0 Å². The molecule has 0 saturated carbocycles. The van der Waals surface area contributed by atoms with Gasteiger partial charge in [0.2, 0.25) is 0 Å². The molecule has 1 aromatic heterocycles. The number of carbonyl (C=O) groups is 1. The van der Waals surface area contributed by atoms with Gasteiger partial charge in [0, 0.05) is 0 Å². The number of hydrogen-bond acceptors (Lipinski definition) is 1. The first-order valence-corrected chi connectivity index (χ1v) is 6.66. The van der Waals surface area contributed by atoms with E-state index < -0.39 is 5.97 Å². The molecule has 1 heterocycles. The summed E-state index contributed by atoms with van der Waals surface area (Å²) in [6, 6.07) is 10.6. The third kappa shape index (κ3) is 2.71. The van der Waals surface area contributed by atoms with Crippen molar-refractivity contribution >= 4 is 30.1 Å². The van der Waals surface area contributed by atoms with E-state index in [2.05, 4.69) is 24.3 Å². The van der Waals surface area contributed by atoms with Crippen LogP contribution in [0.25, 0.3) is 9.65 Å². The summed E-state index contributed by atoms with van der Waals surface area (Å²) in [6.07, 6.45) is 1.97. The van der Waals surface area contributed by atoms with Gasteiger partial charge in [0.05, 0.1) is 0 Å². The van der Waals surface area contributed by atoms with E-state index in [1.54, 1.807) is 0 Å². The predicted molar refractivity (Wildman–Crippen MR) is 61.5 cm³/mol. The van der Waals surface area contributed by atoms with Crippen LogP contribution in [0.4, 0.5) is 0 Å². The average molecular weight is 267 g/mol. The van der Waals surface area contributed by atoms with Gasteiger partial charge in [0.25, 0.3) is 0 Å². The van der Waals surface area contributed by atoms with Gasteiger partial charge >= 0.3 is 94.1 Å². The van der Waals surface area contributed by atoms with Gasteiger partial charge in [-0.15, -0.1) is 0 Å². The summed E-state index contributed by atoms with van der Waals surface area (Å²) < 4.78 is 2.85. The molecule has 78 valence electrons. The molecule has 0 aliphatic carbocycles. The van der Waals surface area contributed by atoms with Crippen LogP contribution in [0.2, 0.25) is 0 Å². The molecule has 0 spiro atoms. The summed E-state index contributed by atoms with van der Waals surface area (Å²) in [5.74, 6) is -0.696. The van der Waals surface area contributed by atoms with Crippen molar-refractivity contribution in [3.8, 4) is 0 Å². The van der Waals surface area contributed by atoms with Gasteiger partial charge in [-0.1, -0.05) is 0 Å². The molecule has 0 atom stereocenters. The minimum atomic E-state index is -0.696. The van der Waals surface area contributed by atoms with Crippen LogP contribution < -0.4 is 0 Å². The Bertz CT molecular complexity index is 440. The molecule has 0 aliphatic heterocycles. The number of aryl methyl sites for hydroxylation is 1. The van der Waals surface area contributed by atoms with Crippen molar-refractivity contribution < 1.29 is 9.90 Å². The fourth-order valence-corrected chi connectivity index (χ4v) is 3.89. The Balaban J connectivity index is 2.05. The molecular formula is C12H12O2Se. The first-order valence-electron chi connectivity index (χ1n) is 4.95. The fourth-order valence-electron chi connectivity index (χ4n) is 1.57. The Morgan fingerprint density at radius 2 is 2.13 bits per heavy atom. The first kappa shape index (κ1) is 10.5. The summed E-state index contributed by atoms with van der Waals surface area (Å²) in [6.45, 7) is 0. The maximum atomic E-state index is 10.4. The Labute approximate surface area is 94.3 Å². The summed E-state index contributed by atoms with van der Waals surface area (Å²) >= 11 is 0.426. The number of fused-ring (bicyclic) bond motifs is 1. The number of hydrogen-bond donors (Lipinski definition) is 1. The molecule has 2 nitrogen and oxygen atoms in total. The van der Waals surface area contributed by atoms with Crippen LogP contribution in [-0.2, 0) is 11.2 Å². The topological polar surface area (TPSA) is 37.3 Å². The fraction of sp³-hybridized carbons (Fsp3) is 0.250. The number of carboxylic acids is 1. The van der Waals surface area contributed by atoms with Gasteiger partial charge in [0.1, 0.15) is 0 Å². The van der Waals surface area contributed by atoms with Crippen molar-refractivity contribution in [2.45, 2.75) is 19.3 Å². The quantitative estimate of drug-likeness (QED) is 0.863. The zero-order valence-electron chi connectivity index (χ0n) is 8.27. The van der Waals surface area contributed by atoms with Crippen LogP contribution in [0.15, 0.2) is 30.3 Å². The monoisotopic (exact) mass is 268 g/mol. The van der Waals surface area contributed by atoms with E-state index in [0.717, 1.165) is 12.8 Å². The molecule has 0 amide bonds. The third-order valence-electron chi connectivity index (χ3n) is 2.29. The zero-order chi connectivity index (χ0) is 10.7. The second-order valence-electron chi connectivity index (χ2n) is 3.50. The molecule has 3 heteroatoms. The average Bonchev–Trinajstić information content (AvgIpc) is 2.59. The predicted octanol–water partition coefficient (Wildman–Crippen LogP) is 2.30. The molecule has 0 saturated heterocycles. The summed E-state index contributed by atoms with van der Waals surface area (Å²) in [4.78, 5) is 10.4. The zero-order valence-corrected chi connectivity index (χ0v) is 9.98. The van der Waals surface area contributed by atoms with E-state index in [1.165, 1.54) is 14.1 Å². The molecule has 1 aromatic carbocycles. The Kier molecular flexibility index (Phi) is 3.24. The van der Waals surface area contributed by atoms with Gasteiger partial charge < -0.3 is 0 Å². The van der Waals surface area contributed by atoms with Gasteiger partial charge in [-0.25, -0.2) is 0 Å². The van der Waals surface area contributed by atoms with Crippen LogP contribution in [-0.4, -0.2) is 25.6 Å². The van der Waals surface area contributed by atoms with Crippen LogP contribution in [0, 0.1) is 0 Å². The van der Waals surface area contributed by atoms with E-state index in [0.29, 0.717) is 14.5 Å². The van der Waals surface area contributed by atoms with Crippen LogP contribution >= 0.6 is 0 Å². The van der Waals surface area contributed by atoms with E-state index in [-0.39, 0.29) is 6.42 Å². The minimum absolute atomic E-state index is 0.282. The number of carboxylic acid groups (broad SMARTS) is 1. The normalized spacial score (nSPS) is 10.7. The molecule has 2 aromatic rings. The second kappa shape index (κ2) is 4.65. The van der Waals surface area contributed by atoms with Crippen molar-refractivity contribution in [3.63, 3.8) is 0 Å². The number of rotatable bonds is 4. The standard InChI is InChI=1S/C12H12O2Se/c13-12(14)7-3-5-10-8-9-4-1-2-6-11(9)15-10/h1-2,4,6,8H,3,5,7H2,(H,13,14). The summed E-state index contributed by atoms with van der Waals surface area (Å²) in [5.41, 5.74) is 0. The number of aliphatic carboxylic acids is 1. The second-order valence-corrected chi connectivity index (χ2v) is 5.95. The third-order valence-corrected chi connectivity index (χ3v) is 4.76. The Hall–Kier alpha value is -1.05. The SMILES string of the molecule is O=C(O)CCCc1cc2ccccc2[se]1. The Morgan fingerprint density at radius 3 is 2.87 bits per heavy atom. The van der Waals surface area contributed by atoms with E-state index >= 15 is 0 Å². The van der Waals surface area contributed by atoms with Crippen molar-refractivity contribution in [1.82, 2.24) is 0 Å². The molecule has 1 N–H and O–H groups in total. The molecular weight excluding hydrogens is 255 g/mol. The molecule has 2 rings (SSSR count). The van der Waals surface area contributed by atoms with Gasteiger partial charge in [0.15, 0.2) is 0 Å². The summed E-state index contributed by atoms with van der Waals surface area (Å²) in [5, 5.41) is 9.87. The van der Waals surface area contributed by atoms with Crippen molar-refractivity contribution in [1.29, 1.82) is 0 Å². The summed E-state index contributed by atoms with van der Waals surface area (Å²) in [7, 11) is 0. The van der Waals surface area contributed by atoms with Gasteiger partial charge in [-0.05, 0) is 0 Å². The molecule has 0 aliphatic rings. The number of benzene rings is 1.